The van der Waals surface area contributed by atoms with Crippen molar-refractivity contribution in [3.63, 3.8) is 0 Å². The minimum absolute atomic E-state index is 0.00746. The van der Waals surface area contributed by atoms with Gasteiger partial charge in [0.25, 0.3) is 5.91 Å². The summed E-state index contributed by atoms with van der Waals surface area (Å²) < 4.78 is 32.1. The number of methoxy groups -OCH3 is 2. The highest BCUT2D eigenvalue weighted by atomic mass is 35.5. The average molecular weight is 858 g/mol. The SMILES string of the molecule is COCCOc1ccc(C(N)=O)c(-c2cc(C(CNC3CCC(C(=O)NCCCCNC(=O)c4ccc(OC)c(NCCC(C)=O)c4)CC3)c3ccccc3)ccc2Cl)c1F. The maximum atomic E-state index is 16.1. The van der Waals surface area contributed by atoms with E-state index < -0.39 is 11.7 Å². The van der Waals surface area contributed by atoms with Crippen LogP contribution in [0.2, 0.25) is 5.02 Å². The maximum absolute atomic E-state index is 16.1. The van der Waals surface area contributed by atoms with Gasteiger partial charge in [-0.3, -0.25) is 19.2 Å². The van der Waals surface area contributed by atoms with Crippen LogP contribution in [0.4, 0.5) is 10.1 Å². The Bertz CT molecular complexity index is 2110. The van der Waals surface area contributed by atoms with Gasteiger partial charge in [-0.05, 0) is 99.0 Å². The number of primary amides is 1. The molecular weight excluding hydrogens is 801 g/mol. The van der Waals surface area contributed by atoms with Crippen LogP contribution >= 0.6 is 11.6 Å². The Balaban J connectivity index is 1.12. The summed E-state index contributed by atoms with van der Waals surface area (Å²) in [4.78, 5) is 49.7. The van der Waals surface area contributed by atoms with Crippen LogP contribution in [0.15, 0.2) is 78.9 Å². The number of anilines is 1. The number of amides is 3. The van der Waals surface area contributed by atoms with Crippen LogP contribution in [0, 0.1) is 11.7 Å². The third kappa shape index (κ3) is 13.2. The highest BCUT2D eigenvalue weighted by Crippen LogP contribution is 2.39. The van der Waals surface area contributed by atoms with Crippen LogP contribution in [0.25, 0.3) is 11.1 Å². The molecule has 0 saturated heterocycles. The average Bonchev–Trinajstić information content (AvgIpc) is 3.26. The van der Waals surface area contributed by atoms with Gasteiger partial charge in [-0.25, -0.2) is 4.39 Å². The molecule has 0 bridgehead atoms. The Hall–Kier alpha value is -5.50. The van der Waals surface area contributed by atoms with Gasteiger partial charge in [-0.1, -0.05) is 48.0 Å². The number of benzene rings is 4. The van der Waals surface area contributed by atoms with Gasteiger partial charge in [-0.15, -0.1) is 0 Å². The molecule has 1 atom stereocenters. The van der Waals surface area contributed by atoms with Crippen molar-refractivity contribution in [3.8, 4) is 22.6 Å². The lowest BCUT2D eigenvalue weighted by Crippen LogP contribution is -2.40. The number of halogens is 2. The summed E-state index contributed by atoms with van der Waals surface area (Å²) in [6.45, 7) is 3.92. The first kappa shape index (κ1) is 46.6. The van der Waals surface area contributed by atoms with Crippen molar-refractivity contribution in [2.45, 2.75) is 63.8 Å². The summed E-state index contributed by atoms with van der Waals surface area (Å²) in [5.74, 6) is -1.27. The van der Waals surface area contributed by atoms with Crippen molar-refractivity contribution >= 4 is 40.8 Å². The molecule has 6 N–H and O–H groups in total. The summed E-state index contributed by atoms with van der Waals surface area (Å²) in [7, 11) is 3.07. The Labute approximate surface area is 362 Å². The molecule has 1 unspecified atom stereocenters. The number of hydrogen-bond acceptors (Lipinski definition) is 9. The minimum Gasteiger partial charge on any atom is -0.495 e. The zero-order chi connectivity index (χ0) is 43.7. The van der Waals surface area contributed by atoms with E-state index in [2.05, 4.69) is 21.3 Å². The molecular formula is C47H57ClFN5O7. The summed E-state index contributed by atoms with van der Waals surface area (Å²) in [5.41, 5.74) is 9.07. The van der Waals surface area contributed by atoms with Crippen LogP contribution in [0.5, 0.6) is 11.5 Å². The van der Waals surface area contributed by atoms with Crippen LogP contribution < -0.4 is 36.5 Å². The molecule has 1 fully saturated rings. The molecule has 0 spiro atoms. The van der Waals surface area contributed by atoms with Crippen LogP contribution in [-0.2, 0) is 14.3 Å². The number of nitrogens with one attached hydrogen (secondary N) is 4. The lowest BCUT2D eigenvalue weighted by atomic mass is 9.84. The van der Waals surface area contributed by atoms with Crippen LogP contribution in [0.1, 0.15) is 89.6 Å². The third-order valence-corrected chi connectivity index (χ3v) is 11.3. The number of hydrogen-bond donors (Lipinski definition) is 5. The van der Waals surface area contributed by atoms with Crippen LogP contribution in [-0.4, -0.2) is 83.2 Å². The summed E-state index contributed by atoms with van der Waals surface area (Å²) in [5, 5.41) is 13.2. The fraction of sp³-hybridized carbons (Fsp3) is 0.404. The molecule has 0 aliphatic heterocycles. The van der Waals surface area contributed by atoms with Gasteiger partial charge in [0.1, 0.15) is 18.1 Å². The Morgan fingerprint density at radius 2 is 1.56 bits per heavy atom. The monoisotopic (exact) mass is 857 g/mol. The van der Waals surface area contributed by atoms with Gasteiger partial charge in [0.15, 0.2) is 11.6 Å². The zero-order valence-corrected chi connectivity index (χ0v) is 35.9. The van der Waals surface area contributed by atoms with Crippen molar-refractivity contribution < 1.29 is 37.8 Å². The highest BCUT2D eigenvalue weighted by molar-refractivity contribution is 6.33. The van der Waals surface area contributed by atoms with Gasteiger partial charge < -0.3 is 41.2 Å². The number of nitrogens with two attached hydrogens (primary N) is 1. The second-order valence-electron chi connectivity index (χ2n) is 15.2. The summed E-state index contributed by atoms with van der Waals surface area (Å²) in [6, 6.07) is 23.6. The van der Waals surface area contributed by atoms with E-state index in [0.717, 1.165) is 43.2 Å². The van der Waals surface area contributed by atoms with Gasteiger partial charge >= 0.3 is 0 Å². The van der Waals surface area contributed by atoms with Crippen molar-refractivity contribution in [2.75, 3.05) is 58.9 Å². The van der Waals surface area contributed by atoms with Crippen molar-refractivity contribution in [2.24, 2.45) is 11.7 Å². The molecule has 4 aromatic rings. The highest BCUT2D eigenvalue weighted by Gasteiger charge is 2.28. The van der Waals surface area contributed by atoms with Crippen molar-refractivity contribution in [3.05, 3.63) is 112 Å². The number of carbonyl (C=O) groups excluding carboxylic acids is 4. The van der Waals surface area contributed by atoms with Gasteiger partial charge in [-0.2, -0.15) is 0 Å². The number of ether oxygens (including phenoxy) is 3. The molecule has 1 aliphatic rings. The standard InChI is InChI=1S/C47H57ClFN5O7/c1-30(55)21-24-51-40-28-34(14-19-41(40)60-3)47(58)53-23-8-7-22-52-46(57)32-11-15-35(16-12-32)54-29-38(31-9-5-4-6-10-31)33-13-18-39(48)37(27-33)43-36(45(50)56)17-20-42(44(43)49)61-26-25-59-2/h4-6,9-10,13-14,17-20,27-28,32,35,38,51,54H,7-8,11-12,15-16,21-26,29H2,1-3H3,(H2,50,56)(H,52,57)(H,53,58). The second-order valence-corrected chi connectivity index (χ2v) is 15.6. The van der Waals surface area contributed by atoms with E-state index in [4.69, 9.17) is 31.5 Å². The normalized spacial score (nSPS) is 15.4. The molecule has 3 amide bonds. The van der Waals surface area contributed by atoms with Crippen molar-refractivity contribution in [1.29, 1.82) is 0 Å². The molecule has 4 aromatic carbocycles. The van der Waals surface area contributed by atoms with E-state index in [1.165, 1.54) is 26.2 Å². The molecule has 0 aromatic heterocycles. The van der Waals surface area contributed by atoms with Gasteiger partial charge in [0, 0.05) is 79.3 Å². The zero-order valence-electron chi connectivity index (χ0n) is 35.1. The first-order chi connectivity index (χ1) is 29.5. The molecule has 5 rings (SSSR count). The van der Waals surface area contributed by atoms with E-state index in [1.807, 2.05) is 42.5 Å². The minimum atomic E-state index is -0.788. The second kappa shape index (κ2) is 23.5. The predicted octanol–water partition coefficient (Wildman–Crippen LogP) is 7.28. The molecule has 14 heteroatoms. The lowest BCUT2D eigenvalue weighted by molar-refractivity contribution is -0.126. The smallest absolute Gasteiger partial charge is 0.251 e. The lowest BCUT2D eigenvalue weighted by Gasteiger charge is -2.30. The van der Waals surface area contributed by atoms with E-state index in [9.17, 15) is 19.2 Å². The van der Waals surface area contributed by atoms with Gasteiger partial charge in [0.2, 0.25) is 11.8 Å². The third-order valence-electron chi connectivity index (χ3n) is 10.9. The molecule has 0 heterocycles. The van der Waals surface area contributed by atoms with E-state index in [0.29, 0.717) is 61.6 Å². The van der Waals surface area contributed by atoms with Crippen molar-refractivity contribution in [1.82, 2.24) is 16.0 Å². The van der Waals surface area contributed by atoms with E-state index in [1.54, 1.807) is 31.4 Å². The number of carbonyl (C=O) groups is 4. The van der Waals surface area contributed by atoms with Gasteiger partial charge in [0.05, 0.1) is 25.0 Å². The molecule has 1 aliphatic carbocycles. The fourth-order valence-corrected chi connectivity index (χ4v) is 7.76. The molecule has 1 saturated carbocycles. The predicted molar refractivity (Wildman–Crippen MR) is 236 cm³/mol. The molecule has 0 radical (unpaired) electrons. The molecule has 61 heavy (non-hydrogen) atoms. The first-order valence-corrected chi connectivity index (χ1v) is 21.2. The Morgan fingerprint density at radius 1 is 0.836 bits per heavy atom. The number of unbranched alkanes of at least 4 members (excludes halogenated alkanes) is 1. The summed E-state index contributed by atoms with van der Waals surface area (Å²) in [6.07, 6.45) is 4.98. The number of Topliss-reactive ketones (excluding diaryl/α,β-unsaturated/α-hetero) is 1. The Morgan fingerprint density at radius 3 is 2.25 bits per heavy atom. The van der Waals surface area contributed by atoms with Crippen LogP contribution in [0.3, 0.4) is 0 Å². The largest absolute Gasteiger partial charge is 0.495 e. The molecule has 326 valence electrons. The van der Waals surface area contributed by atoms with E-state index in [-0.39, 0.29) is 70.6 Å². The fourth-order valence-electron chi connectivity index (χ4n) is 7.55. The van der Waals surface area contributed by atoms with E-state index >= 15 is 4.39 Å². The quantitative estimate of drug-likeness (QED) is 0.0482. The first-order valence-electron chi connectivity index (χ1n) is 20.8. The Kier molecular flexibility index (Phi) is 17.9. The maximum Gasteiger partial charge on any atom is 0.251 e. The topological polar surface area (TPSA) is 170 Å². The number of ketones is 1. The molecule has 12 nitrogen and oxygen atoms in total. The summed E-state index contributed by atoms with van der Waals surface area (Å²) >= 11 is 6.71. The number of rotatable bonds is 23.